The number of rotatable bonds is 17. The van der Waals surface area contributed by atoms with Crippen molar-refractivity contribution in [2.45, 2.75) is 174 Å². The molecule has 0 aromatic heterocycles. The van der Waals surface area contributed by atoms with E-state index in [1.807, 2.05) is 0 Å². The lowest BCUT2D eigenvalue weighted by Crippen LogP contribution is -2.70. The van der Waals surface area contributed by atoms with E-state index in [4.69, 9.17) is 52.1 Å². The molecule has 14 N–H and O–H groups in total. The molecular formula is C40H63NO25. The molecular weight excluding hydrogens is 894 g/mol. The number of aliphatic hydroxyl groups excluding tert-OH is 13. The Balaban J connectivity index is 1.36. The summed E-state index contributed by atoms with van der Waals surface area (Å²) < 4.78 is 65.0. The Morgan fingerprint density at radius 1 is 0.545 bits per heavy atom. The molecule has 5 saturated heterocycles. The van der Waals surface area contributed by atoms with Crippen LogP contribution in [0.1, 0.15) is 19.4 Å². The number of carbonyl (C=O) groups excluding carboxylic acids is 1. The van der Waals surface area contributed by atoms with Gasteiger partial charge in [-0.2, -0.15) is 0 Å². The normalized spacial score (nSPS) is 46.8. The number of aliphatic hydroxyl groups is 13. The zero-order valence-corrected chi connectivity index (χ0v) is 36.1. The molecule has 25 atom stereocenters. The Morgan fingerprint density at radius 3 is 1.64 bits per heavy atom. The number of benzene rings is 1. The Kier molecular flexibility index (Phi) is 18.9. The maximum absolute atomic E-state index is 12.8. The van der Waals surface area contributed by atoms with Crippen LogP contribution in [0.5, 0.6) is 0 Å². The first-order valence-electron chi connectivity index (χ1n) is 21.4. The third-order valence-electron chi connectivity index (χ3n) is 12.1. The third kappa shape index (κ3) is 11.8. The molecule has 5 aliphatic heterocycles. The lowest BCUT2D eigenvalue weighted by atomic mass is 9.94. The smallest absolute Gasteiger partial charge is 0.217 e. The number of ether oxygens (including phenoxy) is 11. The van der Waals surface area contributed by atoms with Crippen LogP contribution in [0.15, 0.2) is 30.3 Å². The number of carbonyl (C=O) groups is 1. The summed E-state index contributed by atoms with van der Waals surface area (Å²) in [6.45, 7) is -0.224. The summed E-state index contributed by atoms with van der Waals surface area (Å²) in [5.74, 6) is -0.671. The van der Waals surface area contributed by atoms with Gasteiger partial charge in [-0.15, -0.1) is 0 Å². The number of amides is 1. The number of hydrogen-bond acceptors (Lipinski definition) is 25. The molecule has 0 spiro atoms. The molecule has 1 aromatic rings. The van der Waals surface area contributed by atoms with Gasteiger partial charge in [0.1, 0.15) is 116 Å². The van der Waals surface area contributed by atoms with E-state index in [-0.39, 0.29) is 13.2 Å². The monoisotopic (exact) mass is 957 g/mol. The summed E-state index contributed by atoms with van der Waals surface area (Å²) in [6, 6.07) is 7.51. The number of methoxy groups -OCH3 is 1. The molecule has 0 aliphatic carbocycles. The van der Waals surface area contributed by atoms with E-state index in [1.165, 1.54) is 14.0 Å². The van der Waals surface area contributed by atoms with Crippen LogP contribution < -0.4 is 5.32 Å². The van der Waals surface area contributed by atoms with Crippen molar-refractivity contribution in [2.24, 2.45) is 0 Å². The second kappa shape index (κ2) is 23.6. The molecule has 26 heteroatoms. The van der Waals surface area contributed by atoms with Crippen LogP contribution in [0.3, 0.4) is 0 Å². The molecule has 66 heavy (non-hydrogen) atoms. The molecule has 1 aromatic carbocycles. The minimum Gasteiger partial charge on any atom is -0.394 e. The summed E-state index contributed by atoms with van der Waals surface area (Å²) in [5, 5.41) is 141. The van der Waals surface area contributed by atoms with Crippen molar-refractivity contribution >= 4 is 5.91 Å². The van der Waals surface area contributed by atoms with E-state index in [1.54, 1.807) is 30.3 Å². The van der Waals surface area contributed by atoms with E-state index < -0.39 is 179 Å². The maximum Gasteiger partial charge on any atom is 0.217 e. The first kappa shape index (κ1) is 53.1. The highest BCUT2D eigenvalue weighted by atomic mass is 16.8. The molecule has 0 bridgehead atoms. The average Bonchev–Trinajstić information content (AvgIpc) is 3.30. The Bertz CT molecular complexity index is 1640. The second-order valence-corrected chi connectivity index (χ2v) is 16.7. The van der Waals surface area contributed by atoms with Gasteiger partial charge >= 0.3 is 0 Å². The van der Waals surface area contributed by atoms with E-state index >= 15 is 0 Å². The van der Waals surface area contributed by atoms with Gasteiger partial charge in [0.15, 0.2) is 31.5 Å². The largest absolute Gasteiger partial charge is 0.394 e. The number of nitrogens with one attached hydrogen (secondary N) is 1. The van der Waals surface area contributed by atoms with Gasteiger partial charge in [-0.3, -0.25) is 4.79 Å². The van der Waals surface area contributed by atoms with Crippen molar-refractivity contribution in [2.75, 3.05) is 33.5 Å². The second-order valence-electron chi connectivity index (χ2n) is 16.7. The van der Waals surface area contributed by atoms with E-state index in [2.05, 4.69) is 5.32 Å². The van der Waals surface area contributed by atoms with Gasteiger partial charge in [-0.1, -0.05) is 30.3 Å². The van der Waals surface area contributed by atoms with Crippen LogP contribution in [0.25, 0.3) is 0 Å². The fourth-order valence-electron chi connectivity index (χ4n) is 8.30. The van der Waals surface area contributed by atoms with Crippen molar-refractivity contribution in [3.8, 4) is 0 Å². The summed E-state index contributed by atoms with van der Waals surface area (Å²) >= 11 is 0. The highest BCUT2D eigenvalue weighted by Crippen LogP contribution is 2.36. The van der Waals surface area contributed by atoms with Crippen molar-refractivity contribution < 1.29 is 123 Å². The Morgan fingerprint density at radius 2 is 1.05 bits per heavy atom. The summed E-state index contributed by atoms with van der Waals surface area (Å²) in [4.78, 5) is 12.8. The molecule has 26 nitrogen and oxygen atoms in total. The minimum absolute atomic E-state index is 0.0304. The van der Waals surface area contributed by atoms with Gasteiger partial charge < -0.3 is 124 Å². The highest BCUT2D eigenvalue weighted by molar-refractivity contribution is 5.73. The molecule has 0 saturated carbocycles. The minimum atomic E-state index is -2.11. The predicted octanol–water partition coefficient (Wildman–Crippen LogP) is -7.87. The molecule has 378 valence electrons. The molecule has 5 aliphatic rings. The van der Waals surface area contributed by atoms with Gasteiger partial charge in [-0.05, 0) is 12.5 Å². The molecule has 6 rings (SSSR count). The molecule has 5 fully saturated rings. The third-order valence-corrected chi connectivity index (χ3v) is 12.1. The van der Waals surface area contributed by atoms with Gasteiger partial charge in [0, 0.05) is 14.0 Å². The summed E-state index contributed by atoms with van der Waals surface area (Å²) in [6.07, 6.45) is -41.6. The van der Waals surface area contributed by atoms with Gasteiger partial charge in [0.05, 0.1) is 39.1 Å². The molecule has 1 amide bonds. The van der Waals surface area contributed by atoms with Gasteiger partial charge in [0.2, 0.25) is 5.91 Å². The zero-order chi connectivity index (χ0) is 48.1. The van der Waals surface area contributed by atoms with Crippen molar-refractivity contribution in [3.63, 3.8) is 0 Å². The quantitative estimate of drug-likeness (QED) is 0.0689. The SMILES string of the molecule is CO[C@H]1O[C@H](COCc2ccccc2)[C@H](O[C@H]2O[C@H](CO)[C@@H](O)[C@H](O)[C@H]2O)[C@H](O[C@@H]2O[C@H](CO[C@H]3O[C@H](CO)[C@@H](O)[C@H](O)[C@H]3O)[C@@H](O)[C@H](O[C@@H]3O[C@@H](C)[C@H](O)[C@@H](O)[C@H]3O)[C@H]2O)[C@H]1NC(C)=O. The zero-order valence-electron chi connectivity index (χ0n) is 36.1. The van der Waals surface area contributed by atoms with Crippen LogP contribution in [0, 0.1) is 0 Å². The highest BCUT2D eigenvalue weighted by Gasteiger charge is 2.57. The van der Waals surface area contributed by atoms with Crippen LogP contribution in [0.2, 0.25) is 0 Å². The van der Waals surface area contributed by atoms with Crippen LogP contribution in [0.4, 0.5) is 0 Å². The fraction of sp³-hybridized carbons (Fsp3) is 0.825. The predicted molar refractivity (Wildman–Crippen MR) is 211 cm³/mol. The van der Waals surface area contributed by atoms with Crippen molar-refractivity contribution in [3.05, 3.63) is 35.9 Å². The summed E-state index contributed by atoms with van der Waals surface area (Å²) in [5.41, 5.74) is 0.746. The first-order chi connectivity index (χ1) is 31.4. The Hall–Kier alpha value is -2.27. The van der Waals surface area contributed by atoms with Gasteiger partial charge in [-0.25, -0.2) is 0 Å². The standard InChI is InChI=1S/C40H63NO25/c1-14-22(45)26(49)30(53)38(59-14)66-35-25(48)19(13-58-37-29(52)27(50)23(46)17(9-42)60-37)62-40(32(35)55)65-34-21(41-15(2)44)36(56-3)63-20(12-57-11-16-7-5-4-6-8-16)33(34)64-39-31(54)28(51)24(47)18(10-43)61-39/h4-8,14,17-40,42-43,45-55H,9-13H2,1-3H3,(H,41,44)/t14-,17+,18+,19+,20+,21+,22-,23+,24+,25+,26+,27-,28-,29+,30+,31+,32+,33-,34+,35-,36-,37-,38-,39+,40-/m0/s1. The van der Waals surface area contributed by atoms with Crippen LogP contribution >= 0.6 is 0 Å². The average molecular weight is 958 g/mol. The first-order valence-corrected chi connectivity index (χ1v) is 21.4. The van der Waals surface area contributed by atoms with E-state index in [9.17, 15) is 71.2 Å². The van der Waals surface area contributed by atoms with Crippen LogP contribution in [-0.4, -0.2) is 259 Å². The lowest BCUT2D eigenvalue weighted by Gasteiger charge is -2.51. The number of hydrogen-bond donors (Lipinski definition) is 14. The summed E-state index contributed by atoms with van der Waals surface area (Å²) in [7, 11) is 1.23. The molecule has 0 unspecified atom stereocenters. The van der Waals surface area contributed by atoms with Crippen LogP contribution in [-0.2, 0) is 63.5 Å². The fourth-order valence-corrected chi connectivity index (χ4v) is 8.30. The van der Waals surface area contributed by atoms with Crippen molar-refractivity contribution in [1.82, 2.24) is 5.32 Å². The van der Waals surface area contributed by atoms with Gasteiger partial charge in [0.25, 0.3) is 0 Å². The molecule has 5 heterocycles. The molecule has 0 radical (unpaired) electrons. The Labute approximate surface area is 377 Å². The topological polar surface area (TPSA) is 394 Å². The lowest BCUT2D eigenvalue weighted by molar-refractivity contribution is -0.388. The maximum atomic E-state index is 12.8. The van der Waals surface area contributed by atoms with E-state index in [0.29, 0.717) is 0 Å². The van der Waals surface area contributed by atoms with E-state index in [0.717, 1.165) is 12.5 Å². The van der Waals surface area contributed by atoms with Crippen molar-refractivity contribution in [1.29, 1.82) is 0 Å².